The van der Waals surface area contributed by atoms with Crippen molar-refractivity contribution in [1.82, 2.24) is 0 Å². The lowest BCUT2D eigenvalue weighted by molar-refractivity contribution is -0.189. The predicted molar refractivity (Wildman–Crippen MR) is 106 cm³/mol. The Morgan fingerprint density at radius 1 is 0.857 bits per heavy atom. The van der Waals surface area contributed by atoms with Crippen molar-refractivity contribution in [3.05, 3.63) is 78.4 Å². The number of alkyl halides is 3. The fourth-order valence-electron chi connectivity index (χ4n) is 4.29. The Labute approximate surface area is 161 Å². The molecule has 5 rings (SSSR count). The number of hydrogen-bond donors (Lipinski definition) is 0. The van der Waals surface area contributed by atoms with Crippen molar-refractivity contribution in [2.24, 2.45) is 11.0 Å². The summed E-state index contributed by atoms with van der Waals surface area (Å²) >= 11 is 0. The van der Waals surface area contributed by atoms with Crippen LogP contribution in [0, 0.1) is 5.92 Å². The van der Waals surface area contributed by atoms with Crippen molar-refractivity contribution >= 4 is 22.2 Å². The highest BCUT2D eigenvalue weighted by Gasteiger charge is 2.68. The molecule has 0 bridgehead atoms. The molecule has 1 unspecified atom stereocenters. The van der Waals surface area contributed by atoms with Crippen LogP contribution in [0.2, 0.25) is 0 Å². The van der Waals surface area contributed by atoms with Crippen LogP contribution in [0.4, 0.5) is 18.9 Å². The Balaban J connectivity index is 1.68. The molecule has 1 heterocycles. The summed E-state index contributed by atoms with van der Waals surface area (Å²) in [5.41, 5.74) is -0.229. The molecule has 0 saturated heterocycles. The average molecular weight is 380 g/mol. The van der Waals surface area contributed by atoms with E-state index in [0.717, 1.165) is 16.3 Å². The first-order valence-corrected chi connectivity index (χ1v) is 9.48. The smallest absolute Gasteiger partial charge is 0.249 e. The van der Waals surface area contributed by atoms with Crippen LogP contribution in [0.15, 0.2) is 77.9 Å². The third-order valence-corrected chi connectivity index (χ3v) is 5.86. The molecule has 2 aliphatic rings. The van der Waals surface area contributed by atoms with E-state index in [1.807, 2.05) is 66.7 Å². The van der Waals surface area contributed by atoms with Gasteiger partial charge in [-0.15, -0.1) is 0 Å². The highest BCUT2D eigenvalue weighted by molar-refractivity contribution is 6.04. The van der Waals surface area contributed by atoms with Gasteiger partial charge in [0, 0.05) is 6.42 Å². The van der Waals surface area contributed by atoms with E-state index in [0.29, 0.717) is 24.2 Å². The van der Waals surface area contributed by atoms with Crippen LogP contribution < -0.4 is 5.01 Å². The summed E-state index contributed by atoms with van der Waals surface area (Å²) in [6.07, 6.45) is -3.32. The predicted octanol–water partition coefficient (Wildman–Crippen LogP) is 6.17. The molecule has 28 heavy (non-hydrogen) atoms. The van der Waals surface area contributed by atoms with Crippen molar-refractivity contribution in [2.45, 2.75) is 31.0 Å². The highest BCUT2D eigenvalue weighted by Crippen LogP contribution is 2.57. The third-order valence-electron chi connectivity index (χ3n) is 5.86. The van der Waals surface area contributed by atoms with Crippen LogP contribution in [0.5, 0.6) is 0 Å². The van der Waals surface area contributed by atoms with E-state index >= 15 is 0 Å². The van der Waals surface area contributed by atoms with Crippen LogP contribution in [0.3, 0.4) is 0 Å². The number of fused-ring (bicyclic) bond motifs is 1. The van der Waals surface area contributed by atoms with Crippen LogP contribution in [0.1, 0.15) is 24.8 Å². The Morgan fingerprint density at radius 2 is 1.54 bits per heavy atom. The van der Waals surface area contributed by atoms with E-state index in [1.165, 1.54) is 5.01 Å². The zero-order valence-electron chi connectivity index (χ0n) is 15.2. The van der Waals surface area contributed by atoms with E-state index < -0.39 is 17.6 Å². The molecule has 1 fully saturated rings. The molecule has 3 aromatic rings. The molecule has 0 spiro atoms. The van der Waals surface area contributed by atoms with Gasteiger partial charge in [0.2, 0.25) is 0 Å². The maximum Gasteiger partial charge on any atom is 0.414 e. The molecule has 0 aromatic heterocycles. The fourth-order valence-corrected chi connectivity index (χ4v) is 4.29. The van der Waals surface area contributed by atoms with Crippen LogP contribution >= 0.6 is 0 Å². The molecule has 0 N–H and O–H groups in total. The van der Waals surface area contributed by atoms with Crippen LogP contribution in [0.25, 0.3) is 10.8 Å². The lowest BCUT2D eigenvalue weighted by Crippen LogP contribution is -2.57. The van der Waals surface area contributed by atoms with Gasteiger partial charge in [-0.3, -0.25) is 0 Å². The molecule has 1 aliphatic carbocycles. The first kappa shape index (κ1) is 17.3. The standard InChI is InChI=1S/C23H19F3N2/c24-23(25,26)22(19-11-12-19)15-21(17-7-2-1-3-8-17)27-28(22)20-13-10-16-6-4-5-9-18(16)14-20/h1-10,13-14,19H,11-12,15H2. The molecule has 1 saturated carbocycles. The molecule has 1 atom stereocenters. The van der Waals surface area contributed by atoms with Crippen molar-refractivity contribution in [1.29, 1.82) is 0 Å². The molecule has 1 aliphatic heterocycles. The number of benzene rings is 3. The van der Waals surface area contributed by atoms with Gasteiger partial charge in [0.1, 0.15) is 0 Å². The SMILES string of the molecule is FC(F)(F)C1(C2CC2)CC(c2ccccc2)=NN1c1ccc2ccccc2c1. The first-order valence-electron chi connectivity index (χ1n) is 9.48. The van der Waals surface area contributed by atoms with Gasteiger partial charge in [-0.05, 0) is 47.2 Å². The van der Waals surface area contributed by atoms with Crippen LogP contribution in [-0.4, -0.2) is 17.4 Å². The largest absolute Gasteiger partial charge is 0.414 e. The number of halogens is 3. The molecular weight excluding hydrogens is 361 g/mol. The summed E-state index contributed by atoms with van der Waals surface area (Å²) in [4.78, 5) is 0. The summed E-state index contributed by atoms with van der Waals surface area (Å²) in [6.45, 7) is 0. The van der Waals surface area contributed by atoms with Crippen molar-refractivity contribution in [3.63, 3.8) is 0 Å². The average Bonchev–Trinajstić information content (AvgIpc) is 3.47. The number of anilines is 1. The van der Waals surface area contributed by atoms with E-state index in [1.54, 1.807) is 6.07 Å². The van der Waals surface area contributed by atoms with Gasteiger partial charge >= 0.3 is 6.18 Å². The van der Waals surface area contributed by atoms with Gasteiger partial charge in [-0.1, -0.05) is 60.7 Å². The minimum atomic E-state index is -4.38. The third kappa shape index (κ3) is 2.60. The van der Waals surface area contributed by atoms with Gasteiger partial charge in [0.05, 0.1) is 11.4 Å². The number of hydrazone groups is 1. The maximum absolute atomic E-state index is 14.5. The van der Waals surface area contributed by atoms with Crippen molar-refractivity contribution in [2.75, 3.05) is 5.01 Å². The Bertz CT molecular complexity index is 1050. The Hall–Kier alpha value is -2.82. The summed E-state index contributed by atoms with van der Waals surface area (Å²) in [7, 11) is 0. The summed E-state index contributed by atoms with van der Waals surface area (Å²) < 4.78 is 43.6. The first-order chi connectivity index (χ1) is 13.5. The van der Waals surface area contributed by atoms with Crippen molar-refractivity contribution < 1.29 is 13.2 Å². The molecule has 142 valence electrons. The van der Waals surface area contributed by atoms with Crippen molar-refractivity contribution in [3.8, 4) is 0 Å². The molecule has 3 aromatic carbocycles. The normalized spacial score (nSPS) is 22.5. The number of rotatable bonds is 3. The summed E-state index contributed by atoms with van der Waals surface area (Å²) in [6, 6.07) is 22.3. The topological polar surface area (TPSA) is 15.6 Å². The van der Waals surface area contributed by atoms with Gasteiger partial charge in [0.15, 0.2) is 5.54 Å². The zero-order valence-corrected chi connectivity index (χ0v) is 15.2. The molecule has 5 heteroatoms. The van der Waals surface area contributed by atoms with E-state index in [2.05, 4.69) is 5.10 Å². The maximum atomic E-state index is 14.5. The minimum absolute atomic E-state index is 0.113. The second-order valence-electron chi connectivity index (χ2n) is 7.63. The Kier molecular flexibility index (Phi) is 3.76. The monoisotopic (exact) mass is 380 g/mol. The van der Waals surface area contributed by atoms with Gasteiger partial charge < -0.3 is 0 Å². The minimum Gasteiger partial charge on any atom is -0.249 e. The van der Waals surface area contributed by atoms with Gasteiger partial charge in [-0.25, -0.2) is 5.01 Å². The molecular formula is C23H19F3N2. The number of hydrogen-bond acceptors (Lipinski definition) is 2. The van der Waals surface area contributed by atoms with Crippen LogP contribution in [-0.2, 0) is 0 Å². The zero-order chi connectivity index (χ0) is 19.4. The lowest BCUT2D eigenvalue weighted by atomic mass is 9.85. The quantitative estimate of drug-likeness (QED) is 0.531. The van der Waals surface area contributed by atoms with Gasteiger partial charge in [-0.2, -0.15) is 18.3 Å². The number of nitrogens with zero attached hydrogens (tertiary/aromatic N) is 2. The highest BCUT2D eigenvalue weighted by atomic mass is 19.4. The second kappa shape index (κ2) is 6.09. The fraction of sp³-hybridized carbons (Fsp3) is 0.261. The van der Waals surface area contributed by atoms with E-state index in [4.69, 9.17) is 0 Å². The second-order valence-corrected chi connectivity index (χ2v) is 7.63. The van der Waals surface area contributed by atoms with E-state index in [-0.39, 0.29) is 6.42 Å². The molecule has 0 amide bonds. The van der Waals surface area contributed by atoms with E-state index in [9.17, 15) is 13.2 Å². The van der Waals surface area contributed by atoms with Gasteiger partial charge in [0.25, 0.3) is 0 Å². The molecule has 2 nitrogen and oxygen atoms in total. The lowest BCUT2D eigenvalue weighted by Gasteiger charge is -2.39. The summed E-state index contributed by atoms with van der Waals surface area (Å²) in [5.74, 6) is -0.427. The summed E-state index contributed by atoms with van der Waals surface area (Å²) in [5, 5.41) is 7.72. The Morgan fingerprint density at radius 3 is 2.21 bits per heavy atom. The molecule has 0 radical (unpaired) electrons.